The van der Waals surface area contributed by atoms with Crippen LogP contribution in [0.15, 0.2) is 45.1 Å². The summed E-state index contributed by atoms with van der Waals surface area (Å²) in [6.45, 7) is 1.93. The topological polar surface area (TPSA) is 123 Å². The molecule has 0 radical (unpaired) electrons. The number of hydrogen-bond acceptors (Lipinski definition) is 5. The number of rotatable bonds is 8. The van der Waals surface area contributed by atoms with Gasteiger partial charge in [-0.15, -0.1) is 0 Å². The average molecular weight is 413 g/mol. The standard InChI is InChI=1S/C21H28N6OS/c1-14-17(12-11-15-7-3-2-4-8-15)19(28)26-18(24-14)10-6-5-9-16-13-29-21(25-16)27-20(22)23/h2-4,7-8,16H,5-6,9-13H2,1H3,(H,24,26,28)(H4,22,23,25,27). The molecular weight excluding hydrogens is 384 g/mol. The van der Waals surface area contributed by atoms with Gasteiger partial charge in [0.15, 0.2) is 11.1 Å². The van der Waals surface area contributed by atoms with E-state index in [-0.39, 0.29) is 17.6 Å². The van der Waals surface area contributed by atoms with Gasteiger partial charge in [-0.05, 0) is 38.2 Å². The number of nitrogens with zero attached hydrogens (tertiary/aromatic N) is 3. The molecule has 0 amide bonds. The molecule has 0 saturated carbocycles. The lowest BCUT2D eigenvalue weighted by Crippen LogP contribution is -2.23. The molecule has 1 aromatic heterocycles. The Hall–Kier alpha value is -2.61. The quantitative estimate of drug-likeness (QED) is 0.349. The zero-order valence-corrected chi connectivity index (χ0v) is 17.5. The number of H-pyrrole nitrogens is 1. The summed E-state index contributed by atoms with van der Waals surface area (Å²) in [5.74, 6) is 1.73. The highest BCUT2D eigenvalue weighted by Gasteiger charge is 2.17. The van der Waals surface area contributed by atoms with E-state index in [1.807, 2.05) is 25.1 Å². The van der Waals surface area contributed by atoms with Gasteiger partial charge in [-0.1, -0.05) is 48.5 Å². The molecule has 0 bridgehead atoms. The van der Waals surface area contributed by atoms with Crippen LogP contribution in [0.5, 0.6) is 0 Å². The molecule has 1 atom stereocenters. The number of thioether (sulfide) groups is 1. The van der Waals surface area contributed by atoms with Crippen LogP contribution in [-0.4, -0.2) is 32.9 Å². The SMILES string of the molecule is Cc1nc(CCCCC2CSC(N=C(N)N)=N2)[nH]c(=O)c1CCc1ccccc1. The van der Waals surface area contributed by atoms with E-state index in [1.165, 1.54) is 5.56 Å². The van der Waals surface area contributed by atoms with Crippen molar-refractivity contribution in [3.63, 3.8) is 0 Å². The molecule has 0 saturated heterocycles. The van der Waals surface area contributed by atoms with Crippen LogP contribution < -0.4 is 17.0 Å². The zero-order valence-electron chi connectivity index (χ0n) is 16.7. The van der Waals surface area contributed by atoms with E-state index in [9.17, 15) is 4.79 Å². The molecule has 1 aliphatic heterocycles. The van der Waals surface area contributed by atoms with Crippen molar-refractivity contribution in [2.24, 2.45) is 21.5 Å². The molecule has 29 heavy (non-hydrogen) atoms. The Kier molecular flexibility index (Phi) is 7.46. The van der Waals surface area contributed by atoms with Crippen molar-refractivity contribution in [3.8, 4) is 0 Å². The molecule has 7 nitrogen and oxygen atoms in total. The maximum absolute atomic E-state index is 12.5. The predicted octanol–water partition coefficient (Wildman–Crippen LogP) is 2.32. The lowest BCUT2D eigenvalue weighted by Gasteiger charge is -2.08. The van der Waals surface area contributed by atoms with E-state index in [1.54, 1.807) is 11.8 Å². The third-order valence-corrected chi connectivity index (χ3v) is 5.91. The Morgan fingerprint density at radius 2 is 2.00 bits per heavy atom. The molecule has 2 heterocycles. The average Bonchev–Trinajstić information content (AvgIpc) is 3.12. The minimum atomic E-state index is -0.0119. The molecule has 154 valence electrons. The number of aryl methyl sites for hydroxylation is 3. The molecular formula is C21H28N6OS. The fraction of sp³-hybridized carbons (Fsp3) is 0.429. The first-order valence-corrected chi connectivity index (χ1v) is 10.9. The van der Waals surface area contributed by atoms with Crippen LogP contribution in [0.2, 0.25) is 0 Å². The van der Waals surface area contributed by atoms with Gasteiger partial charge in [-0.25, -0.2) is 4.98 Å². The minimum absolute atomic E-state index is 0.0119. The number of aromatic amines is 1. The number of nitrogens with one attached hydrogen (secondary N) is 1. The van der Waals surface area contributed by atoms with E-state index in [0.717, 1.165) is 54.9 Å². The van der Waals surface area contributed by atoms with Crippen LogP contribution in [0.4, 0.5) is 0 Å². The normalized spacial score (nSPS) is 15.9. The van der Waals surface area contributed by atoms with Crippen LogP contribution >= 0.6 is 11.8 Å². The lowest BCUT2D eigenvalue weighted by atomic mass is 10.0. The van der Waals surface area contributed by atoms with Crippen LogP contribution in [0.1, 0.15) is 41.9 Å². The maximum atomic E-state index is 12.5. The second kappa shape index (κ2) is 10.2. The predicted molar refractivity (Wildman–Crippen MR) is 120 cm³/mol. The number of guanidine groups is 1. The van der Waals surface area contributed by atoms with E-state index >= 15 is 0 Å². The summed E-state index contributed by atoms with van der Waals surface area (Å²) in [7, 11) is 0. The van der Waals surface area contributed by atoms with E-state index < -0.39 is 0 Å². The van der Waals surface area contributed by atoms with Crippen molar-refractivity contribution in [2.75, 3.05) is 5.75 Å². The number of benzene rings is 1. The van der Waals surface area contributed by atoms with Gasteiger partial charge in [0.1, 0.15) is 5.82 Å². The smallest absolute Gasteiger partial charge is 0.254 e. The molecule has 8 heteroatoms. The number of nitrogens with two attached hydrogens (primary N) is 2. The zero-order chi connectivity index (χ0) is 20.6. The van der Waals surface area contributed by atoms with Crippen molar-refractivity contribution in [1.82, 2.24) is 9.97 Å². The number of hydrogen-bond donors (Lipinski definition) is 3. The summed E-state index contributed by atoms with van der Waals surface area (Å²) >= 11 is 1.58. The second-order valence-electron chi connectivity index (χ2n) is 7.22. The summed E-state index contributed by atoms with van der Waals surface area (Å²) in [5.41, 5.74) is 13.6. The van der Waals surface area contributed by atoms with E-state index in [2.05, 4.69) is 32.1 Å². The highest BCUT2D eigenvalue weighted by molar-refractivity contribution is 8.14. The summed E-state index contributed by atoms with van der Waals surface area (Å²) in [6.07, 6.45) is 5.26. The summed E-state index contributed by atoms with van der Waals surface area (Å²) < 4.78 is 0. The molecule has 1 aromatic carbocycles. The highest BCUT2D eigenvalue weighted by atomic mass is 32.2. The van der Waals surface area contributed by atoms with Crippen LogP contribution in [0.25, 0.3) is 0 Å². The second-order valence-corrected chi connectivity index (χ2v) is 8.21. The van der Waals surface area contributed by atoms with Gasteiger partial charge in [0, 0.05) is 23.4 Å². The first-order chi connectivity index (χ1) is 14.0. The Morgan fingerprint density at radius 1 is 1.21 bits per heavy atom. The third kappa shape index (κ3) is 6.45. The monoisotopic (exact) mass is 412 g/mol. The van der Waals surface area contributed by atoms with Gasteiger partial charge in [-0.2, -0.15) is 4.99 Å². The maximum Gasteiger partial charge on any atom is 0.254 e. The van der Waals surface area contributed by atoms with Crippen LogP contribution in [0, 0.1) is 6.92 Å². The first-order valence-electron chi connectivity index (χ1n) is 9.94. The molecule has 1 aliphatic rings. The van der Waals surface area contributed by atoms with Crippen LogP contribution in [-0.2, 0) is 19.3 Å². The molecule has 3 rings (SSSR count). The number of aromatic nitrogens is 2. The molecule has 0 spiro atoms. The van der Waals surface area contributed by atoms with Gasteiger partial charge in [0.25, 0.3) is 5.56 Å². The summed E-state index contributed by atoms with van der Waals surface area (Å²) in [6, 6.07) is 10.5. The Morgan fingerprint density at radius 3 is 2.72 bits per heavy atom. The number of unbranched alkanes of at least 4 members (excludes halogenated alkanes) is 1. The fourth-order valence-corrected chi connectivity index (χ4v) is 4.37. The highest BCUT2D eigenvalue weighted by Crippen LogP contribution is 2.22. The van der Waals surface area contributed by atoms with Gasteiger partial charge in [-0.3, -0.25) is 9.79 Å². The van der Waals surface area contributed by atoms with E-state index in [4.69, 9.17) is 11.5 Å². The number of amidine groups is 1. The molecule has 2 aromatic rings. The summed E-state index contributed by atoms with van der Waals surface area (Å²) in [4.78, 5) is 28.6. The van der Waals surface area contributed by atoms with Gasteiger partial charge >= 0.3 is 0 Å². The van der Waals surface area contributed by atoms with E-state index in [0.29, 0.717) is 11.6 Å². The van der Waals surface area contributed by atoms with Crippen molar-refractivity contribution in [2.45, 2.75) is 51.5 Å². The van der Waals surface area contributed by atoms with Crippen molar-refractivity contribution >= 4 is 22.9 Å². The van der Waals surface area contributed by atoms with Crippen molar-refractivity contribution in [1.29, 1.82) is 0 Å². The fourth-order valence-electron chi connectivity index (χ4n) is 3.39. The van der Waals surface area contributed by atoms with Gasteiger partial charge < -0.3 is 16.5 Å². The molecule has 5 N–H and O–H groups in total. The van der Waals surface area contributed by atoms with Gasteiger partial charge in [0.2, 0.25) is 0 Å². The molecule has 0 fully saturated rings. The molecule has 1 unspecified atom stereocenters. The van der Waals surface area contributed by atoms with Gasteiger partial charge in [0.05, 0.1) is 6.04 Å². The largest absolute Gasteiger partial charge is 0.370 e. The Balaban J connectivity index is 1.47. The Bertz CT molecular complexity index is 934. The summed E-state index contributed by atoms with van der Waals surface area (Å²) in [5, 5.41) is 0.669. The number of aliphatic imine (C=N–C) groups is 2. The first kappa shape index (κ1) is 21.1. The van der Waals surface area contributed by atoms with Crippen molar-refractivity contribution < 1.29 is 0 Å². The Labute approximate surface area is 175 Å². The third-order valence-electron chi connectivity index (χ3n) is 4.90. The molecule has 0 aliphatic carbocycles. The lowest BCUT2D eigenvalue weighted by molar-refractivity contribution is 0.599. The minimum Gasteiger partial charge on any atom is -0.370 e. The van der Waals surface area contributed by atoms with Crippen LogP contribution in [0.3, 0.4) is 0 Å². The van der Waals surface area contributed by atoms with Crippen molar-refractivity contribution in [3.05, 3.63) is 63.3 Å².